The van der Waals surface area contributed by atoms with Crippen molar-refractivity contribution in [1.82, 2.24) is 0 Å². The van der Waals surface area contributed by atoms with Gasteiger partial charge in [0.1, 0.15) is 18.2 Å². The Hall–Kier alpha value is -1.58. The summed E-state index contributed by atoms with van der Waals surface area (Å²) in [6.07, 6.45) is 3.13. The first-order chi connectivity index (χ1) is 10.1. The molecule has 2 aromatic carbocycles. The lowest BCUT2D eigenvalue weighted by Gasteiger charge is -2.22. The third-order valence-electron chi connectivity index (χ3n) is 3.92. The SMILES string of the molecule is NC1CCCc2cc(OCc3c(F)cccc3Cl)ccc21. The van der Waals surface area contributed by atoms with Gasteiger partial charge in [0.05, 0.1) is 5.02 Å². The minimum absolute atomic E-state index is 0.115. The number of halogens is 2. The molecule has 2 aromatic rings. The van der Waals surface area contributed by atoms with E-state index in [1.165, 1.54) is 17.2 Å². The van der Waals surface area contributed by atoms with Gasteiger partial charge in [-0.3, -0.25) is 0 Å². The van der Waals surface area contributed by atoms with Crippen molar-refractivity contribution in [3.8, 4) is 5.75 Å². The molecule has 110 valence electrons. The van der Waals surface area contributed by atoms with Gasteiger partial charge in [-0.05, 0) is 54.7 Å². The number of hydrogen-bond donors (Lipinski definition) is 1. The van der Waals surface area contributed by atoms with Gasteiger partial charge in [0.25, 0.3) is 0 Å². The van der Waals surface area contributed by atoms with Crippen LogP contribution in [0.25, 0.3) is 0 Å². The predicted molar refractivity (Wildman–Crippen MR) is 82.1 cm³/mol. The van der Waals surface area contributed by atoms with E-state index < -0.39 is 0 Å². The van der Waals surface area contributed by atoms with Crippen LogP contribution >= 0.6 is 11.6 Å². The van der Waals surface area contributed by atoms with Gasteiger partial charge >= 0.3 is 0 Å². The summed E-state index contributed by atoms with van der Waals surface area (Å²) < 4.78 is 19.4. The second-order valence-electron chi connectivity index (χ2n) is 5.35. The number of fused-ring (bicyclic) bond motifs is 1. The molecule has 0 radical (unpaired) electrons. The molecule has 0 heterocycles. The molecule has 2 N–H and O–H groups in total. The number of hydrogen-bond acceptors (Lipinski definition) is 2. The Balaban J connectivity index is 1.77. The molecule has 0 aromatic heterocycles. The lowest BCUT2D eigenvalue weighted by atomic mass is 9.88. The highest BCUT2D eigenvalue weighted by molar-refractivity contribution is 6.31. The molecular formula is C17H17ClFNO. The largest absolute Gasteiger partial charge is 0.489 e. The van der Waals surface area contributed by atoms with Gasteiger partial charge in [0.15, 0.2) is 0 Å². The number of benzene rings is 2. The van der Waals surface area contributed by atoms with E-state index in [4.69, 9.17) is 22.1 Å². The minimum Gasteiger partial charge on any atom is -0.489 e. The van der Waals surface area contributed by atoms with Crippen molar-refractivity contribution in [1.29, 1.82) is 0 Å². The first-order valence-corrected chi connectivity index (χ1v) is 7.47. The molecule has 1 aliphatic rings. The van der Waals surface area contributed by atoms with E-state index in [1.54, 1.807) is 12.1 Å². The number of aryl methyl sites for hydroxylation is 1. The Morgan fingerprint density at radius 2 is 2.14 bits per heavy atom. The molecule has 3 rings (SSSR count). The summed E-state index contributed by atoms with van der Waals surface area (Å²) in [6.45, 7) is 0.121. The second-order valence-corrected chi connectivity index (χ2v) is 5.76. The minimum atomic E-state index is -0.345. The summed E-state index contributed by atoms with van der Waals surface area (Å²) in [5.41, 5.74) is 8.90. The average molecular weight is 306 g/mol. The Morgan fingerprint density at radius 3 is 2.95 bits per heavy atom. The standard InChI is InChI=1S/C17H17ClFNO/c18-15-4-2-5-16(19)14(15)10-21-12-7-8-13-11(9-12)3-1-6-17(13)20/h2,4-5,7-9,17H,1,3,6,10,20H2. The third kappa shape index (κ3) is 3.04. The van der Waals surface area contributed by atoms with E-state index in [1.807, 2.05) is 18.2 Å². The fourth-order valence-electron chi connectivity index (χ4n) is 2.74. The summed E-state index contributed by atoms with van der Waals surface area (Å²) in [5, 5.41) is 0.384. The van der Waals surface area contributed by atoms with Crippen LogP contribution in [0.3, 0.4) is 0 Å². The van der Waals surface area contributed by atoms with Gasteiger partial charge in [0, 0.05) is 11.6 Å². The quantitative estimate of drug-likeness (QED) is 0.912. The van der Waals surface area contributed by atoms with Crippen LogP contribution in [0.1, 0.15) is 35.6 Å². The van der Waals surface area contributed by atoms with Crippen LogP contribution in [0.2, 0.25) is 5.02 Å². The van der Waals surface area contributed by atoms with Gasteiger partial charge in [-0.1, -0.05) is 23.7 Å². The molecule has 1 aliphatic carbocycles. The Bertz CT molecular complexity index is 639. The monoisotopic (exact) mass is 305 g/mol. The topological polar surface area (TPSA) is 35.2 Å². The number of rotatable bonds is 3. The summed E-state index contributed by atoms with van der Waals surface area (Å²) in [7, 11) is 0. The van der Waals surface area contributed by atoms with Crippen LogP contribution in [0.4, 0.5) is 4.39 Å². The maximum absolute atomic E-state index is 13.7. The third-order valence-corrected chi connectivity index (χ3v) is 4.27. The zero-order chi connectivity index (χ0) is 14.8. The van der Waals surface area contributed by atoms with E-state index >= 15 is 0 Å². The molecule has 4 heteroatoms. The molecule has 0 fully saturated rings. The van der Waals surface area contributed by atoms with Crippen molar-refractivity contribution in [2.45, 2.75) is 31.9 Å². The van der Waals surface area contributed by atoms with Gasteiger partial charge in [-0.2, -0.15) is 0 Å². The highest BCUT2D eigenvalue weighted by Crippen LogP contribution is 2.31. The maximum Gasteiger partial charge on any atom is 0.131 e. The summed E-state index contributed by atoms with van der Waals surface area (Å²) in [6, 6.07) is 10.6. The van der Waals surface area contributed by atoms with Crippen molar-refractivity contribution in [3.05, 3.63) is 63.9 Å². The molecule has 1 unspecified atom stereocenters. The van der Waals surface area contributed by atoms with Crippen LogP contribution in [-0.2, 0) is 13.0 Å². The van der Waals surface area contributed by atoms with E-state index in [2.05, 4.69) is 0 Å². The highest BCUT2D eigenvalue weighted by atomic mass is 35.5. The molecular weight excluding hydrogens is 289 g/mol. The Kier molecular flexibility index (Phi) is 4.13. The average Bonchev–Trinajstić information content (AvgIpc) is 2.47. The number of ether oxygens (including phenoxy) is 1. The lowest BCUT2D eigenvalue weighted by molar-refractivity contribution is 0.299. The molecule has 0 bridgehead atoms. The highest BCUT2D eigenvalue weighted by Gasteiger charge is 2.17. The summed E-state index contributed by atoms with van der Waals surface area (Å²) in [4.78, 5) is 0. The van der Waals surface area contributed by atoms with Crippen LogP contribution in [0.5, 0.6) is 5.75 Å². The Labute approximate surface area is 128 Å². The van der Waals surface area contributed by atoms with Crippen LogP contribution in [0, 0.1) is 5.82 Å². The van der Waals surface area contributed by atoms with Gasteiger partial charge in [-0.25, -0.2) is 4.39 Å². The lowest BCUT2D eigenvalue weighted by Crippen LogP contribution is -2.17. The number of nitrogens with two attached hydrogens (primary N) is 1. The maximum atomic E-state index is 13.7. The fraction of sp³-hybridized carbons (Fsp3) is 0.294. The smallest absolute Gasteiger partial charge is 0.131 e. The van der Waals surface area contributed by atoms with Crippen LogP contribution in [-0.4, -0.2) is 0 Å². The Morgan fingerprint density at radius 1 is 1.29 bits per heavy atom. The first kappa shape index (κ1) is 14.4. The zero-order valence-electron chi connectivity index (χ0n) is 11.6. The van der Waals surface area contributed by atoms with Crippen molar-refractivity contribution in [3.63, 3.8) is 0 Å². The molecule has 0 saturated carbocycles. The fourth-order valence-corrected chi connectivity index (χ4v) is 2.96. The molecule has 0 aliphatic heterocycles. The summed E-state index contributed by atoms with van der Waals surface area (Å²) in [5.74, 6) is 0.379. The van der Waals surface area contributed by atoms with Crippen LogP contribution in [0.15, 0.2) is 36.4 Å². The van der Waals surface area contributed by atoms with Gasteiger partial charge in [-0.15, -0.1) is 0 Å². The molecule has 1 atom stereocenters. The summed E-state index contributed by atoms with van der Waals surface area (Å²) >= 11 is 5.99. The molecule has 0 saturated heterocycles. The van der Waals surface area contributed by atoms with Crippen LogP contribution < -0.4 is 10.5 Å². The van der Waals surface area contributed by atoms with Crippen molar-refractivity contribution in [2.24, 2.45) is 5.73 Å². The molecule has 2 nitrogen and oxygen atoms in total. The first-order valence-electron chi connectivity index (χ1n) is 7.09. The predicted octanol–water partition coefficient (Wildman–Crippen LogP) is 4.39. The second kappa shape index (κ2) is 6.04. The van der Waals surface area contributed by atoms with E-state index in [0.29, 0.717) is 10.6 Å². The zero-order valence-corrected chi connectivity index (χ0v) is 12.4. The van der Waals surface area contributed by atoms with Crippen molar-refractivity contribution >= 4 is 11.6 Å². The van der Waals surface area contributed by atoms with Gasteiger partial charge in [0.2, 0.25) is 0 Å². The van der Waals surface area contributed by atoms with Crippen molar-refractivity contribution < 1.29 is 9.13 Å². The molecule has 0 spiro atoms. The van der Waals surface area contributed by atoms with Gasteiger partial charge < -0.3 is 10.5 Å². The normalized spacial score (nSPS) is 17.4. The van der Waals surface area contributed by atoms with E-state index in [9.17, 15) is 4.39 Å². The molecule has 21 heavy (non-hydrogen) atoms. The van der Waals surface area contributed by atoms with Crippen molar-refractivity contribution in [2.75, 3.05) is 0 Å². The van der Waals surface area contributed by atoms with E-state index in [-0.39, 0.29) is 18.5 Å². The molecule has 0 amide bonds. The van der Waals surface area contributed by atoms with E-state index in [0.717, 1.165) is 25.0 Å².